The normalized spacial score (nSPS) is 9.10. The zero-order chi connectivity index (χ0) is 6.85. The van der Waals surface area contributed by atoms with Crippen molar-refractivity contribution in [1.82, 2.24) is 9.55 Å². The van der Waals surface area contributed by atoms with Gasteiger partial charge in [-0.05, 0) is 12.7 Å². The third-order valence-corrected chi connectivity index (χ3v) is 1.36. The predicted octanol–water partition coefficient (Wildman–Crippen LogP) is 0.214. The third kappa shape index (κ3) is 1.88. The SMILES string of the molecule is Cc1[c-]nc(C)n1CN.[Y]. The van der Waals surface area contributed by atoms with Gasteiger partial charge in [0.2, 0.25) is 0 Å². The van der Waals surface area contributed by atoms with Gasteiger partial charge in [-0.3, -0.25) is 0 Å². The van der Waals surface area contributed by atoms with Gasteiger partial charge in [-0.15, -0.1) is 6.20 Å². The van der Waals surface area contributed by atoms with Crippen molar-refractivity contribution in [2.24, 2.45) is 5.73 Å². The summed E-state index contributed by atoms with van der Waals surface area (Å²) in [5, 5.41) is 0. The molecule has 0 saturated heterocycles. The molecule has 53 valence electrons. The Kier molecular flexibility index (Phi) is 4.33. The second-order valence-corrected chi connectivity index (χ2v) is 1.97. The summed E-state index contributed by atoms with van der Waals surface area (Å²) in [6, 6.07) is 0. The molecule has 0 amide bonds. The minimum Gasteiger partial charge on any atom is -0.439 e. The summed E-state index contributed by atoms with van der Waals surface area (Å²) in [6.07, 6.45) is 2.82. The van der Waals surface area contributed by atoms with E-state index in [9.17, 15) is 0 Å². The Morgan fingerprint density at radius 3 is 2.40 bits per heavy atom. The largest absolute Gasteiger partial charge is 0.439 e. The van der Waals surface area contributed by atoms with E-state index in [1.54, 1.807) is 0 Å². The van der Waals surface area contributed by atoms with Crippen LogP contribution in [-0.2, 0) is 39.4 Å². The molecule has 4 heteroatoms. The number of imidazole rings is 1. The van der Waals surface area contributed by atoms with Crippen LogP contribution < -0.4 is 5.73 Å². The van der Waals surface area contributed by atoms with Crippen molar-refractivity contribution in [3.8, 4) is 0 Å². The van der Waals surface area contributed by atoms with Crippen LogP contribution in [-0.4, -0.2) is 9.55 Å². The fourth-order valence-electron chi connectivity index (χ4n) is 0.794. The monoisotopic (exact) mass is 213 g/mol. The van der Waals surface area contributed by atoms with E-state index in [0.717, 1.165) is 11.5 Å². The van der Waals surface area contributed by atoms with Crippen LogP contribution in [0.25, 0.3) is 0 Å². The van der Waals surface area contributed by atoms with Crippen LogP contribution in [0.3, 0.4) is 0 Å². The molecule has 0 atom stereocenters. The van der Waals surface area contributed by atoms with Crippen molar-refractivity contribution < 1.29 is 32.7 Å². The number of nitrogens with zero attached hydrogens (tertiary/aromatic N) is 2. The second kappa shape index (κ2) is 4.21. The van der Waals surface area contributed by atoms with Gasteiger partial charge in [-0.25, -0.2) is 0 Å². The fourth-order valence-corrected chi connectivity index (χ4v) is 0.794. The molecule has 1 aromatic rings. The zero-order valence-corrected chi connectivity index (χ0v) is 9.09. The summed E-state index contributed by atoms with van der Waals surface area (Å²) in [5.74, 6) is 0.926. The molecule has 0 spiro atoms. The number of hydrogen-bond acceptors (Lipinski definition) is 2. The molecule has 0 aliphatic carbocycles. The standard InChI is InChI=1S/C6H10N3.Y/c1-5-3-8-6(2)9(5)4-7;/h4,7H2,1-2H3;/q-1;. The summed E-state index contributed by atoms with van der Waals surface area (Å²) in [6.45, 7) is 4.34. The van der Waals surface area contributed by atoms with Gasteiger partial charge in [0.25, 0.3) is 0 Å². The average Bonchev–Trinajstić information content (AvgIpc) is 2.12. The molecule has 3 nitrogen and oxygen atoms in total. The molecule has 1 aromatic heterocycles. The minimum absolute atomic E-state index is 0. The van der Waals surface area contributed by atoms with Gasteiger partial charge in [0.05, 0.1) is 6.67 Å². The Morgan fingerprint density at radius 2 is 2.20 bits per heavy atom. The number of aromatic nitrogens is 2. The average molecular weight is 213 g/mol. The zero-order valence-electron chi connectivity index (χ0n) is 6.26. The first-order valence-corrected chi connectivity index (χ1v) is 2.87. The van der Waals surface area contributed by atoms with Gasteiger partial charge in [0.1, 0.15) is 0 Å². The summed E-state index contributed by atoms with van der Waals surface area (Å²) in [5.41, 5.74) is 6.39. The molecule has 0 aliphatic heterocycles. The Hall–Kier alpha value is 0.274. The first-order valence-electron chi connectivity index (χ1n) is 2.87. The molecule has 0 aliphatic rings. The summed E-state index contributed by atoms with van der Waals surface area (Å²) < 4.78 is 1.90. The topological polar surface area (TPSA) is 43.8 Å². The van der Waals surface area contributed by atoms with Gasteiger partial charge in [0.15, 0.2) is 0 Å². The first-order chi connectivity index (χ1) is 4.25. The molecule has 1 rings (SSSR count). The quantitative estimate of drug-likeness (QED) is 0.678. The third-order valence-electron chi connectivity index (χ3n) is 1.36. The molecule has 0 unspecified atom stereocenters. The van der Waals surface area contributed by atoms with E-state index in [4.69, 9.17) is 5.73 Å². The predicted molar refractivity (Wildman–Crippen MR) is 34.7 cm³/mol. The number of nitrogens with two attached hydrogens (primary N) is 1. The smallest absolute Gasteiger partial charge is 0.0534 e. The molecular weight excluding hydrogens is 203 g/mol. The number of rotatable bonds is 1. The van der Waals surface area contributed by atoms with E-state index in [-0.39, 0.29) is 32.7 Å². The van der Waals surface area contributed by atoms with E-state index >= 15 is 0 Å². The van der Waals surface area contributed by atoms with Crippen LogP contribution in [0, 0.1) is 20.0 Å². The van der Waals surface area contributed by atoms with Gasteiger partial charge in [-0.2, -0.15) is 0 Å². The van der Waals surface area contributed by atoms with Crippen molar-refractivity contribution in [3.63, 3.8) is 0 Å². The Morgan fingerprint density at radius 1 is 1.60 bits per heavy atom. The fraction of sp³-hybridized carbons (Fsp3) is 0.500. The number of hydrogen-bond donors (Lipinski definition) is 1. The molecular formula is C6H10N3Y-. The maximum Gasteiger partial charge on any atom is 0.0534 e. The van der Waals surface area contributed by atoms with Crippen molar-refractivity contribution in [3.05, 3.63) is 17.7 Å². The summed E-state index contributed by atoms with van der Waals surface area (Å²) in [7, 11) is 0. The van der Waals surface area contributed by atoms with Crippen molar-refractivity contribution >= 4 is 0 Å². The van der Waals surface area contributed by atoms with Gasteiger partial charge >= 0.3 is 0 Å². The van der Waals surface area contributed by atoms with Crippen LogP contribution in [0.15, 0.2) is 0 Å². The van der Waals surface area contributed by atoms with E-state index in [1.165, 1.54) is 0 Å². The van der Waals surface area contributed by atoms with Crippen LogP contribution in [0.2, 0.25) is 0 Å². The molecule has 0 saturated carbocycles. The minimum atomic E-state index is 0. The molecule has 1 radical (unpaired) electrons. The molecule has 0 aromatic carbocycles. The van der Waals surface area contributed by atoms with Crippen molar-refractivity contribution in [1.29, 1.82) is 0 Å². The molecule has 0 fully saturated rings. The van der Waals surface area contributed by atoms with Crippen LogP contribution in [0.4, 0.5) is 0 Å². The van der Waals surface area contributed by atoms with Crippen LogP contribution >= 0.6 is 0 Å². The Balaban J connectivity index is 0.000000810. The molecule has 2 N–H and O–H groups in total. The number of aryl methyl sites for hydroxylation is 2. The van der Waals surface area contributed by atoms with E-state index in [2.05, 4.69) is 11.2 Å². The molecule has 10 heavy (non-hydrogen) atoms. The maximum absolute atomic E-state index is 5.40. The van der Waals surface area contributed by atoms with Crippen molar-refractivity contribution in [2.45, 2.75) is 20.5 Å². The van der Waals surface area contributed by atoms with Crippen LogP contribution in [0.1, 0.15) is 11.5 Å². The maximum atomic E-state index is 5.40. The van der Waals surface area contributed by atoms with Gasteiger partial charge in [0, 0.05) is 32.7 Å². The van der Waals surface area contributed by atoms with E-state index < -0.39 is 0 Å². The van der Waals surface area contributed by atoms with E-state index in [1.807, 2.05) is 18.4 Å². The Bertz CT molecular complexity index is 187. The summed E-state index contributed by atoms with van der Waals surface area (Å²) in [4.78, 5) is 3.94. The molecule has 0 bridgehead atoms. The summed E-state index contributed by atoms with van der Waals surface area (Å²) >= 11 is 0. The van der Waals surface area contributed by atoms with Gasteiger partial charge in [-0.1, -0.05) is 12.6 Å². The second-order valence-electron chi connectivity index (χ2n) is 1.97. The Labute approximate surface area is 85.9 Å². The van der Waals surface area contributed by atoms with Crippen molar-refractivity contribution in [2.75, 3.05) is 0 Å². The first kappa shape index (κ1) is 10.3. The van der Waals surface area contributed by atoms with E-state index in [0.29, 0.717) is 6.67 Å². The van der Waals surface area contributed by atoms with Crippen LogP contribution in [0.5, 0.6) is 0 Å². The van der Waals surface area contributed by atoms with Gasteiger partial charge < -0.3 is 15.3 Å². The molecule has 1 heterocycles.